The minimum Gasteiger partial charge on any atom is -0.172 e. The Morgan fingerprint density at radius 2 is 1.17 bits per heavy atom. The van der Waals surface area contributed by atoms with E-state index in [9.17, 15) is 0 Å². The molecule has 0 atom stereocenters. The van der Waals surface area contributed by atoms with Gasteiger partial charge in [-0.25, -0.2) is 0 Å². The molecule has 0 heterocycles. The fraction of sp³-hybridized carbons (Fsp3) is 1.00. The van der Waals surface area contributed by atoms with Gasteiger partial charge in [-0.3, -0.25) is 0 Å². The van der Waals surface area contributed by atoms with Crippen molar-refractivity contribution in [2.75, 3.05) is 0 Å². The van der Waals surface area contributed by atoms with Gasteiger partial charge >= 0.3 is 18.9 Å². The van der Waals surface area contributed by atoms with Crippen molar-refractivity contribution < 1.29 is 18.9 Å². The van der Waals surface area contributed by atoms with Crippen LogP contribution in [0.2, 0.25) is 5.31 Å². The molecular formula is C4H12BLi. The molecule has 0 saturated heterocycles. The molecular weight excluding hydrogens is 65.8 g/mol. The maximum atomic E-state index is 2.30. The Hall–Kier alpha value is 0.662. The molecule has 0 aliphatic rings. The molecule has 0 spiro atoms. The van der Waals surface area contributed by atoms with Gasteiger partial charge in [0.25, 0.3) is 0 Å². The van der Waals surface area contributed by atoms with E-state index in [-0.39, 0.29) is 18.9 Å². The molecule has 2 heteroatoms. The summed E-state index contributed by atoms with van der Waals surface area (Å²) in [6.45, 7) is 6.90. The molecule has 0 aromatic carbocycles. The predicted molar refractivity (Wildman–Crippen MR) is 29.7 cm³/mol. The first-order valence-corrected chi connectivity index (χ1v) is 1.50. The average Bonchev–Trinajstić information content (AvgIpc) is 0.722. The van der Waals surface area contributed by atoms with Gasteiger partial charge in [0.2, 0.25) is 0 Å². The second kappa shape index (κ2) is 2.77. The van der Waals surface area contributed by atoms with Gasteiger partial charge in [0.05, 0.1) is 0 Å². The van der Waals surface area contributed by atoms with E-state index >= 15 is 0 Å². The Bertz CT molecular complexity index is 23.0. The maximum absolute atomic E-state index is 2.30. The van der Waals surface area contributed by atoms with Crippen LogP contribution < -0.4 is 18.9 Å². The third-order valence-corrected chi connectivity index (χ3v) is 0. The smallest absolute Gasteiger partial charge is 0.172 e. The summed E-state index contributed by atoms with van der Waals surface area (Å²) in [5.41, 5.74) is 0. The van der Waals surface area contributed by atoms with Crippen molar-refractivity contribution in [2.24, 2.45) is 0 Å². The Labute approximate surface area is 53.3 Å². The normalized spacial score (nSPS) is 10.0. The second-order valence-electron chi connectivity index (χ2n) is 1.50. The molecule has 0 aliphatic heterocycles. The van der Waals surface area contributed by atoms with Crippen LogP contribution in [0.3, 0.4) is 0 Å². The standard InChI is InChI=1S/C4H12B.Li/c1-4(2,3)5;/h1-3,5H3;/q-1;+1. The molecule has 32 valence electrons. The van der Waals surface area contributed by atoms with E-state index in [2.05, 4.69) is 20.8 Å². The molecule has 0 nitrogen and oxygen atoms in total. The van der Waals surface area contributed by atoms with Gasteiger partial charge in [0.1, 0.15) is 0 Å². The molecule has 0 aromatic rings. The third kappa shape index (κ3) is 143. The summed E-state index contributed by atoms with van der Waals surface area (Å²) in [5, 5.41) is 0.750. The van der Waals surface area contributed by atoms with Crippen LogP contribution in [0.1, 0.15) is 20.8 Å². The van der Waals surface area contributed by atoms with Crippen molar-refractivity contribution in [2.45, 2.75) is 26.1 Å². The molecule has 0 N–H and O–H groups in total. The summed E-state index contributed by atoms with van der Waals surface area (Å²) in [6.07, 6.45) is 0. The summed E-state index contributed by atoms with van der Waals surface area (Å²) >= 11 is 0. The minimum absolute atomic E-state index is 0. The average molecular weight is 77.9 g/mol. The molecule has 0 saturated carbocycles. The van der Waals surface area contributed by atoms with Gasteiger partial charge in [-0.05, 0) is 7.85 Å². The van der Waals surface area contributed by atoms with Crippen LogP contribution in [-0.4, -0.2) is 7.85 Å². The van der Waals surface area contributed by atoms with Crippen LogP contribution in [0.25, 0.3) is 0 Å². The fourth-order valence-electron chi connectivity index (χ4n) is 0. The van der Waals surface area contributed by atoms with Crippen molar-refractivity contribution in [3.05, 3.63) is 0 Å². The summed E-state index contributed by atoms with van der Waals surface area (Å²) in [5.74, 6) is 0. The molecule has 0 fully saturated rings. The number of rotatable bonds is 0. The van der Waals surface area contributed by atoms with Gasteiger partial charge in [-0.2, -0.15) is 5.31 Å². The van der Waals surface area contributed by atoms with Crippen molar-refractivity contribution >= 4 is 7.85 Å². The zero-order chi connectivity index (χ0) is 4.50. The van der Waals surface area contributed by atoms with E-state index in [0.717, 1.165) is 5.31 Å². The Kier molecular flexibility index (Phi) is 4.54. The molecule has 6 heavy (non-hydrogen) atoms. The van der Waals surface area contributed by atoms with Gasteiger partial charge in [-0.15, -0.1) is 0 Å². The summed E-state index contributed by atoms with van der Waals surface area (Å²) < 4.78 is 0. The third-order valence-electron chi connectivity index (χ3n) is 0. The van der Waals surface area contributed by atoms with Crippen LogP contribution >= 0.6 is 0 Å². The fourth-order valence-corrected chi connectivity index (χ4v) is 0. The number of hydrogen-bond donors (Lipinski definition) is 0. The number of hydrogen-bond acceptors (Lipinski definition) is 0. The topological polar surface area (TPSA) is 0 Å². The van der Waals surface area contributed by atoms with Gasteiger partial charge in [0, 0.05) is 0 Å². The molecule has 0 aliphatic carbocycles. The van der Waals surface area contributed by atoms with E-state index in [0.29, 0.717) is 7.85 Å². The van der Waals surface area contributed by atoms with Crippen molar-refractivity contribution in [3.8, 4) is 0 Å². The Morgan fingerprint density at radius 3 is 1.17 bits per heavy atom. The largest absolute Gasteiger partial charge is 1.00 e. The van der Waals surface area contributed by atoms with Crippen LogP contribution in [0.15, 0.2) is 0 Å². The molecule has 0 unspecified atom stereocenters. The van der Waals surface area contributed by atoms with Crippen molar-refractivity contribution in [1.29, 1.82) is 0 Å². The van der Waals surface area contributed by atoms with Crippen molar-refractivity contribution in [3.63, 3.8) is 0 Å². The molecule has 0 bridgehead atoms. The van der Waals surface area contributed by atoms with Crippen LogP contribution in [0.4, 0.5) is 0 Å². The van der Waals surface area contributed by atoms with Gasteiger partial charge < -0.3 is 0 Å². The monoisotopic (exact) mass is 78.1 g/mol. The maximum Gasteiger partial charge on any atom is 1.00 e. The van der Waals surface area contributed by atoms with Crippen molar-refractivity contribution in [1.82, 2.24) is 0 Å². The quantitative estimate of drug-likeness (QED) is 0.283. The SMILES string of the molecule is [BH3-]C(C)(C)C.[Li+]. The predicted octanol–water partition coefficient (Wildman–Crippen LogP) is -2.43. The van der Waals surface area contributed by atoms with E-state index in [4.69, 9.17) is 0 Å². The van der Waals surface area contributed by atoms with E-state index in [1.165, 1.54) is 0 Å². The Morgan fingerprint density at radius 1 is 1.17 bits per heavy atom. The molecule has 0 aromatic heterocycles. The van der Waals surface area contributed by atoms with Gasteiger partial charge in [0.15, 0.2) is 0 Å². The second-order valence-corrected chi connectivity index (χ2v) is 1.50. The minimum atomic E-state index is 0. The van der Waals surface area contributed by atoms with Crippen LogP contribution in [-0.2, 0) is 0 Å². The first kappa shape index (κ1) is 9.83. The first-order chi connectivity index (χ1) is 2.00. The molecule has 0 radical (unpaired) electrons. The molecule has 0 rings (SSSR count). The Balaban J connectivity index is 0. The first-order valence-electron chi connectivity index (χ1n) is 1.50. The summed E-state index contributed by atoms with van der Waals surface area (Å²) in [7, 11) is 0.604. The van der Waals surface area contributed by atoms with E-state index in [1.54, 1.807) is 0 Å². The van der Waals surface area contributed by atoms with Crippen LogP contribution in [0, 0.1) is 0 Å². The van der Waals surface area contributed by atoms with E-state index in [1.807, 2.05) is 0 Å². The summed E-state index contributed by atoms with van der Waals surface area (Å²) in [6, 6.07) is 0. The van der Waals surface area contributed by atoms with Crippen LogP contribution in [0.5, 0.6) is 0 Å². The van der Waals surface area contributed by atoms with E-state index < -0.39 is 0 Å². The molecule has 0 amide bonds. The summed E-state index contributed by atoms with van der Waals surface area (Å²) in [4.78, 5) is 0. The zero-order valence-electron chi connectivity index (χ0n) is 4.50. The van der Waals surface area contributed by atoms with Gasteiger partial charge in [-0.1, -0.05) is 20.8 Å². The zero-order valence-corrected chi connectivity index (χ0v) is 4.50.